The number of hydrogen-bond acceptors (Lipinski definition) is 2. The number of ether oxygens (including phenoxy) is 1. The molecule has 0 aromatic rings. The quantitative estimate of drug-likeness (QED) is 0.633. The van der Waals surface area contributed by atoms with Gasteiger partial charge < -0.3 is 4.74 Å². The molecule has 1 saturated heterocycles. The highest BCUT2D eigenvalue weighted by molar-refractivity contribution is 5.79. The number of rotatable bonds is 1. The van der Waals surface area contributed by atoms with Gasteiger partial charge in [0.2, 0.25) is 0 Å². The molecule has 0 bridgehead atoms. The first kappa shape index (κ1) is 15.9. The van der Waals surface area contributed by atoms with Gasteiger partial charge in [-0.1, -0.05) is 13.8 Å². The maximum absolute atomic E-state index is 12.2. The van der Waals surface area contributed by atoms with Gasteiger partial charge in [-0.05, 0) is 99.2 Å². The van der Waals surface area contributed by atoms with Crippen LogP contribution in [0.25, 0.3) is 0 Å². The van der Waals surface area contributed by atoms with Gasteiger partial charge in [0.25, 0.3) is 0 Å². The summed E-state index contributed by atoms with van der Waals surface area (Å²) in [6.07, 6.45) is 12.0. The van der Waals surface area contributed by atoms with Crippen LogP contribution in [0.1, 0.15) is 78.6 Å². The van der Waals surface area contributed by atoms with Crippen LogP contribution >= 0.6 is 0 Å². The number of ketones is 1. The molecule has 4 aliphatic carbocycles. The molecule has 2 nitrogen and oxygen atoms in total. The summed E-state index contributed by atoms with van der Waals surface area (Å²) in [6, 6.07) is 0. The van der Waals surface area contributed by atoms with E-state index in [1.54, 1.807) is 0 Å². The molecule has 0 aromatic carbocycles. The first-order chi connectivity index (χ1) is 11.4. The molecule has 1 spiro atoms. The Balaban J connectivity index is 1.43. The van der Waals surface area contributed by atoms with Crippen LogP contribution < -0.4 is 0 Å². The zero-order chi connectivity index (χ0) is 16.7. The molecular weight excluding hydrogens is 296 g/mol. The largest absolute Gasteiger partial charge is 0.370 e. The Hall–Kier alpha value is -0.370. The lowest BCUT2D eigenvalue weighted by molar-refractivity contribution is -0.136. The van der Waals surface area contributed by atoms with Gasteiger partial charge in [0.05, 0.1) is 12.2 Å². The molecule has 5 rings (SSSR count). The van der Waals surface area contributed by atoms with Gasteiger partial charge in [-0.25, -0.2) is 0 Å². The molecule has 4 saturated carbocycles. The van der Waals surface area contributed by atoms with E-state index in [-0.39, 0.29) is 0 Å². The van der Waals surface area contributed by atoms with Crippen molar-refractivity contribution in [3.63, 3.8) is 0 Å². The molecule has 0 aromatic heterocycles. The Bertz CT molecular complexity index is 564. The maximum atomic E-state index is 12.2. The van der Waals surface area contributed by atoms with Crippen molar-refractivity contribution >= 4 is 5.78 Å². The number of epoxide rings is 1. The highest BCUT2D eigenvalue weighted by Crippen LogP contribution is 2.68. The summed E-state index contributed by atoms with van der Waals surface area (Å²) in [6.45, 7) is 7.98. The van der Waals surface area contributed by atoms with Crippen LogP contribution in [0.15, 0.2) is 0 Å². The fourth-order valence-corrected chi connectivity index (χ4v) is 8.34. The van der Waals surface area contributed by atoms with Gasteiger partial charge in [0, 0.05) is 5.92 Å². The van der Waals surface area contributed by atoms with Crippen molar-refractivity contribution in [2.45, 2.75) is 84.2 Å². The van der Waals surface area contributed by atoms with Crippen molar-refractivity contribution in [3.05, 3.63) is 0 Å². The molecule has 1 heterocycles. The molecule has 2 heteroatoms. The Morgan fingerprint density at radius 2 is 1.67 bits per heavy atom. The third-order valence-corrected chi connectivity index (χ3v) is 9.85. The van der Waals surface area contributed by atoms with Crippen LogP contribution in [0.2, 0.25) is 0 Å². The van der Waals surface area contributed by atoms with Crippen molar-refractivity contribution in [3.8, 4) is 0 Å². The number of fused-ring (bicyclic) bond motifs is 5. The predicted molar refractivity (Wildman–Crippen MR) is 94.6 cm³/mol. The first-order valence-electron chi connectivity index (χ1n) is 10.5. The lowest BCUT2D eigenvalue weighted by atomic mass is 9.44. The molecule has 0 amide bonds. The van der Waals surface area contributed by atoms with Gasteiger partial charge in [0.1, 0.15) is 5.78 Å². The minimum Gasteiger partial charge on any atom is -0.370 e. The Morgan fingerprint density at radius 3 is 2.38 bits per heavy atom. The third-order valence-electron chi connectivity index (χ3n) is 9.85. The fourth-order valence-electron chi connectivity index (χ4n) is 8.34. The number of carbonyl (C=O) groups is 1. The van der Waals surface area contributed by atoms with Crippen LogP contribution in [0.4, 0.5) is 0 Å². The number of Topliss-reactive ketones (excluding diaryl/α,β-unsaturated/α-hetero) is 1. The molecule has 0 unspecified atom stereocenters. The van der Waals surface area contributed by atoms with Crippen molar-refractivity contribution in [2.24, 2.45) is 40.4 Å². The monoisotopic (exact) mass is 330 g/mol. The highest BCUT2D eigenvalue weighted by atomic mass is 16.6. The second-order valence-electron chi connectivity index (χ2n) is 10.6. The van der Waals surface area contributed by atoms with Crippen LogP contribution in [0.5, 0.6) is 0 Å². The second kappa shape index (κ2) is 4.87. The molecule has 24 heavy (non-hydrogen) atoms. The van der Waals surface area contributed by atoms with E-state index in [9.17, 15) is 4.79 Å². The minimum absolute atomic E-state index is 0.311. The van der Waals surface area contributed by atoms with Gasteiger partial charge in [0.15, 0.2) is 0 Å². The standard InChI is InChI=1S/C22H34O2/c1-14(23)17-6-7-18-16-5-4-15-12-22(13-24-22)11-10-20(15,2)19(16)8-9-21(17,18)3/h15-19H,4-13H2,1-3H3/t15-,16+,17-,18+,19+,20+,21-,22-/m1/s1. The van der Waals surface area contributed by atoms with E-state index >= 15 is 0 Å². The van der Waals surface area contributed by atoms with E-state index in [2.05, 4.69) is 13.8 Å². The van der Waals surface area contributed by atoms with E-state index in [1.807, 2.05) is 6.92 Å². The number of hydrogen-bond donors (Lipinski definition) is 0. The molecule has 1 aliphatic heterocycles. The highest BCUT2D eigenvalue weighted by Gasteiger charge is 2.63. The van der Waals surface area contributed by atoms with Crippen molar-refractivity contribution < 1.29 is 9.53 Å². The lowest BCUT2D eigenvalue weighted by Gasteiger charge is -2.61. The summed E-state index contributed by atoms with van der Waals surface area (Å²) in [4.78, 5) is 12.2. The van der Waals surface area contributed by atoms with Gasteiger partial charge >= 0.3 is 0 Å². The fraction of sp³-hybridized carbons (Fsp3) is 0.955. The summed E-state index contributed by atoms with van der Waals surface area (Å²) in [5.74, 6) is 4.33. The molecule has 134 valence electrons. The Kier molecular flexibility index (Phi) is 3.22. The summed E-state index contributed by atoms with van der Waals surface area (Å²) in [5.41, 5.74) is 1.18. The van der Waals surface area contributed by atoms with Gasteiger partial charge in [-0.3, -0.25) is 4.79 Å². The van der Waals surface area contributed by atoms with Crippen LogP contribution in [0, 0.1) is 40.4 Å². The smallest absolute Gasteiger partial charge is 0.133 e. The van der Waals surface area contributed by atoms with E-state index in [1.165, 1.54) is 51.4 Å². The van der Waals surface area contributed by atoms with Crippen LogP contribution in [0.3, 0.4) is 0 Å². The van der Waals surface area contributed by atoms with E-state index < -0.39 is 0 Å². The zero-order valence-corrected chi connectivity index (χ0v) is 15.8. The maximum Gasteiger partial charge on any atom is 0.133 e. The van der Waals surface area contributed by atoms with Gasteiger partial charge in [-0.2, -0.15) is 0 Å². The normalized spacial score (nSPS) is 58.7. The SMILES string of the molecule is CC(=O)[C@H]1CC[C@H]2[C@@H]3CC[C@@H]4C[C@]5(CC[C@]4(C)[C@H]3CC[C@]12C)CO5. The average Bonchev–Trinajstić information content (AvgIpc) is 3.19. The zero-order valence-electron chi connectivity index (χ0n) is 15.8. The topological polar surface area (TPSA) is 29.6 Å². The van der Waals surface area contributed by atoms with Crippen molar-refractivity contribution in [1.29, 1.82) is 0 Å². The summed E-state index contributed by atoms with van der Waals surface area (Å²) >= 11 is 0. The lowest BCUT2D eigenvalue weighted by Crippen LogP contribution is -2.54. The van der Waals surface area contributed by atoms with Crippen molar-refractivity contribution in [1.82, 2.24) is 0 Å². The molecule has 0 N–H and O–H groups in total. The number of carbonyl (C=O) groups excluding carboxylic acids is 1. The van der Waals surface area contributed by atoms with Crippen LogP contribution in [-0.2, 0) is 9.53 Å². The molecule has 5 aliphatic rings. The van der Waals surface area contributed by atoms with Gasteiger partial charge in [-0.15, -0.1) is 0 Å². The minimum atomic E-state index is 0.311. The summed E-state index contributed by atoms with van der Waals surface area (Å²) in [7, 11) is 0. The van der Waals surface area contributed by atoms with Crippen LogP contribution in [-0.4, -0.2) is 18.0 Å². The predicted octanol–water partition coefficient (Wildman–Crippen LogP) is 5.00. The first-order valence-corrected chi connectivity index (χ1v) is 10.5. The van der Waals surface area contributed by atoms with Crippen molar-refractivity contribution in [2.75, 3.05) is 6.61 Å². The molecule has 5 fully saturated rings. The Morgan fingerprint density at radius 1 is 0.917 bits per heavy atom. The second-order valence-corrected chi connectivity index (χ2v) is 10.6. The average molecular weight is 331 g/mol. The molecule has 8 atom stereocenters. The summed E-state index contributed by atoms with van der Waals surface area (Å²) in [5, 5.41) is 0. The third kappa shape index (κ3) is 1.95. The van der Waals surface area contributed by atoms with E-state index in [4.69, 9.17) is 4.74 Å². The molecule has 0 radical (unpaired) electrons. The van der Waals surface area contributed by atoms with E-state index in [0.717, 1.165) is 36.7 Å². The molecular formula is C22H34O2. The Labute approximate surface area is 147 Å². The van der Waals surface area contributed by atoms with E-state index in [0.29, 0.717) is 28.1 Å². The summed E-state index contributed by atoms with van der Waals surface area (Å²) < 4.78 is 5.86.